The molecule has 1 aromatic rings. The summed E-state index contributed by atoms with van der Waals surface area (Å²) in [6.45, 7) is 0.955. The molecular formula is C9H12O2. The third-order valence-electron chi connectivity index (χ3n) is 1.27. The summed E-state index contributed by atoms with van der Waals surface area (Å²) in [5, 5.41) is 8.08. The molecule has 0 saturated carbocycles. The molecule has 0 amide bonds. The van der Waals surface area contributed by atoms with E-state index >= 15 is 0 Å². The van der Waals surface area contributed by atoms with Crippen LogP contribution in [-0.4, -0.2) is 24.4 Å². The van der Waals surface area contributed by atoms with Gasteiger partial charge in [0.1, 0.15) is 6.10 Å². The molecule has 0 aliphatic carbocycles. The third-order valence-corrected chi connectivity index (χ3v) is 1.27. The summed E-state index contributed by atoms with van der Waals surface area (Å²) in [6, 6.07) is 12.0. The summed E-state index contributed by atoms with van der Waals surface area (Å²) in [5.74, 6) is 0. The lowest BCUT2D eigenvalue weighted by molar-refractivity contribution is 0.244. The van der Waals surface area contributed by atoms with Crippen molar-refractivity contribution in [2.24, 2.45) is 0 Å². The van der Waals surface area contributed by atoms with E-state index in [4.69, 9.17) is 5.11 Å². The normalized spacial score (nSPS) is 19.9. The molecule has 0 radical (unpaired) electrons. The van der Waals surface area contributed by atoms with Crippen LogP contribution in [0, 0.1) is 0 Å². The average Bonchev–Trinajstić information content (AvgIpc) is 2.91. The minimum Gasteiger partial charge on any atom is -0.394 e. The fourth-order valence-electron chi connectivity index (χ4n) is 0.558. The van der Waals surface area contributed by atoms with Crippen LogP contribution in [0.25, 0.3) is 0 Å². The van der Waals surface area contributed by atoms with Crippen molar-refractivity contribution in [3.8, 4) is 0 Å². The number of hydrogen-bond acceptors (Lipinski definition) is 2. The monoisotopic (exact) mass is 152 g/mol. The van der Waals surface area contributed by atoms with Gasteiger partial charge in [-0.15, -0.1) is 0 Å². The molecule has 1 aromatic carbocycles. The molecule has 0 spiro atoms. The van der Waals surface area contributed by atoms with E-state index in [1.54, 1.807) is 0 Å². The molecule has 1 atom stereocenters. The van der Waals surface area contributed by atoms with E-state index in [9.17, 15) is 0 Å². The maximum atomic E-state index is 8.08. The van der Waals surface area contributed by atoms with Crippen LogP contribution >= 0.6 is 0 Å². The molecule has 1 fully saturated rings. The Labute approximate surface area is 66.4 Å². The van der Waals surface area contributed by atoms with Gasteiger partial charge in [0.2, 0.25) is 0 Å². The van der Waals surface area contributed by atoms with Crippen LogP contribution in [0.3, 0.4) is 0 Å². The average molecular weight is 152 g/mol. The van der Waals surface area contributed by atoms with Crippen molar-refractivity contribution in [1.29, 1.82) is 0 Å². The van der Waals surface area contributed by atoms with Crippen LogP contribution in [-0.2, 0) is 4.74 Å². The maximum Gasteiger partial charge on any atom is 0.104 e. The van der Waals surface area contributed by atoms with Crippen LogP contribution in [0.4, 0.5) is 0 Å². The predicted molar refractivity (Wildman–Crippen MR) is 43.3 cm³/mol. The zero-order valence-electron chi connectivity index (χ0n) is 6.31. The number of epoxide rings is 1. The van der Waals surface area contributed by atoms with E-state index < -0.39 is 0 Å². The predicted octanol–water partition coefficient (Wildman–Crippen LogP) is 1.06. The van der Waals surface area contributed by atoms with Crippen molar-refractivity contribution in [3.63, 3.8) is 0 Å². The summed E-state index contributed by atoms with van der Waals surface area (Å²) < 4.78 is 4.61. The Morgan fingerprint density at radius 2 is 1.45 bits per heavy atom. The highest BCUT2D eigenvalue weighted by atomic mass is 16.6. The molecule has 2 nitrogen and oxygen atoms in total. The van der Waals surface area contributed by atoms with E-state index in [-0.39, 0.29) is 12.7 Å². The first-order valence-corrected chi connectivity index (χ1v) is 3.66. The van der Waals surface area contributed by atoms with Crippen molar-refractivity contribution in [1.82, 2.24) is 0 Å². The highest BCUT2D eigenvalue weighted by Gasteiger charge is 2.19. The molecular weight excluding hydrogens is 140 g/mol. The second kappa shape index (κ2) is 4.88. The van der Waals surface area contributed by atoms with E-state index in [1.165, 1.54) is 0 Å². The Bertz CT molecular complexity index is 143. The van der Waals surface area contributed by atoms with Gasteiger partial charge in [-0.05, 0) is 0 Å². The Morgan fingerprint density at radius 3 is 1.55 bits per heavy atom. The van der Waals surface area contributed by atoms with Crippen LogP contribution in [0.5, 0.6) is 0 Å². The SMILES string of the molecule is OCC1CO1.c1ccccc1. The van der Waals surface area contributed by atoms with Crippen LogP contribution in [0.1, 0.15) is 0 Å². The minimum atomic E-state index is 0.190. The Morgan fingerprint density at radius 1 is 1.09 bits per heavy atom. The lowest BCUT2D eigenvalue weighted by Crippen LogP contribution is -1.88. The Kier molecular flexibility index (Phi) is 3.65. The highest BCUT2D eigenvalue weighted by Crippen LogP contribution is 2.04. The number of hydrogen-bond donors (Lipinski definition) is 1. The molecule has 1 saturated heterocycles. The Hall–Kier alpha value is -0.860. The zero-order chi connectivity index (χ0) is 7.94. The second-order valence-electron chi connectivity index (χ2n) is 2.29. The lowest BCUT2D eigenvalue weighted by atomic mass is 10.4. The quantitative estimate of drug-likeness (QED) is 0.610. The van der Waals surface area contributed by atoms with Crippen LogP contribution in [0.15, 0.2) is 36.4 Å². The van der Waals surface area contributed by atoms with Crippen molar-refractivity contribution >= 4 is 0 Å². The lowest BCUT2D eigenvalue weighted by Gasteiger charge is -1.70. The molecule has 1 aliphatic heterocycles. The van der Waals surface area contributed by atoms with Crippen molar-refractivity contribution in [2.45, 2.75) is 6.10 Å². The molecule has 2 heteroatoms. The van der Waals surface area contributed by atoms with Gasteiger partial charge in [-0.25, -0.2) is 0 Å². The third kappa shape index (κ3) is 4.53. The van der Waals surface area contributed by atoms with Crippen molar-refractivity contribution in [2.75, 3.05) is 13.2 Å². The summed E-state index contributed by atoms with van der Waals surface area (Å²) in [5.41, 5.74) is 0. The van der Waals surface area contributed by atoms with Gasteiger partial charge >= 0.3 is 0 Å². The van der Waals surface area contributed by atoms with E-state index in [0.717, 1.165) is 6.61 Å². The number of aliphatic hydroxyl groups excluding tert-OH is 1. The molecule has 2 rings (SSSR count). The molecule has 1 heterocycles. The molecule has 11 heavy (non-hydrogen) atoms. The van der Waals surface area contributed by atoms with Crippen LogP contribution < -0.4 is 0 Å². The van der Waals surface area contributed by atoms with E-state index in [1.807, 2.05) is 36.4 Å². The number of aliphatic hydroxyl groups is 1. The number of benzene rings is 1. The fraction of sp³-hybridized carbons (Fsp3) is 0.333. The smallest absolute Gasteiger partial charge is 0.104 e. The first kappa shape index (κ1) is 8.24. The minimum absolute atomic E-state index is 0.190. The van der Waals surface area contributed by atoms with Gasteiger partial charge in [0.25, 0.3) is 0 Å². The fourth-order valence-corrected chi connectivity index (χ4v) is 0.558. The van der Waals surface area contributed by atoms with E-state index in [0.29, 0.717) is 0 Å². The summed E-state index contributed by atoms with van der Waals surface area (Å²) >= 11 is 0. The van der Waals surface area contributed by atoms with Crippen molar-refractivity contribution < 1.29 is 9.84 Å². The first-order chi connectivity index (χ1) is 5.43. The molecule has 1 aliphatic rings. The molecule has 60 valence electrons. The van der Waals surface area contributed by atoms with Gasteiger partial charge in [0.15, 0.2) is 0 Å². The molecule has 0 bridgehead atoms. The largest absolute Gasteiger partial charge is 0.394 e. The summed E-state index contributed by atoms with van der Waals surface area (Å²) in [7, 11) is 0. The molecule has 0 aromatic heterocycles. The summed E-state index contributed by atoms with van der Waals surface area (Å²) in [6.07, 6.45) is 0.190. The first-order valence-electron chi connectivity index (χ1n) is 3.66. The number of rotatable bonds is 1. The van der Waals surface area contributed by atoms with Crippen LogP contribution in [0.2, 0.25) is 0 Å². The second-order valence-corrected chi connectivity index (χ2v) is 2.29. The van der Waals surface area contributed by atoms with Gasteiger partial charge in [-0.1, -0.05) is 36.4 Å². The van der Waals surface area contributed by atoms with Gasteiger partial charge < -0.3 is 9.84 Å². The Balaban J connectivity index is 0.000000112. The molecule has 1 unspecified atom stereocenters. The van der Waals surface area contributed by atoms with Gasteiger partial charge in [-0.3, -0.25) is 0 Å². The highest BCUT2D eigenvalue weighted by molar-refractivity contribution is 4.99. The zero-order valence-corrected chi connectivity index (χ0v) is 6.31. The topological polar surface area (TPSA) is 32.8 Å². The standard InChI is InChI=1S/C6H6.C3H6O2/c1-2-4-6-5-3-1;4-1-3-2-5-3/h1-6H;3-4H,1-2H2. The van der Waals surface area contributed by atoms with Crippen molar-refractivity contribution in [3.05, 3.63) is 36.4 Å². The van der Waals surface area contributed by atoms with Gasteiger partial charge in [0, 0.05) is 0 Å². The van der Waals surface area contributed by atoms with Gasteiger partial charge in [-0.2, -0.15) is 0 Å². The number of ether oxygens (including phenoxy) is 1. The van der Waals surface area contributed by atoms with E-state index in [2.05, 4.69) is 4.74 Å². The summed E-state index contributed by atoms with van der Waals surface area (Å²) in [4.78, 5) is 0. The molecule has 1 N–H and O–H groups in total. The van der Waals surface area contributed by atoms with Gasteiger partial charge in [0.05, 0.1) is 13.2 Å². The maximum absolute atomic E-state index is 8.08.